The Balaban J connectivity index is 1.68. The molecule has 0 N–H and O–H groups in total. The van der Waals surface area contributed by atoms with Crippen LogP contribution >= 0.6 is 89.0 Å². The second-order valence-corrected chi connectivity index (χ2v) is 14.6. The summed E-state index contributed by atoms with van der Waals surface area (Å²) in [6.07, 6.45) is 1.77. The maximum Gasteiger partial charge on any atom is 0.338 e. The fourth-order valence-electron chi connectivity index (χ4n) is 4.93. The van der Waals surface area contributed by atoms with Crippen molar-refractivity contribution in [2.75, 3.05) is 20.8 Å². The Labute approximate surface area is 309 Å². The van der Waals surface area contributed by atoms with Crippen LogP contribution in [0, 0.1) is 3.57 Å². The highest BCUT2D eigenvalue weighted by molar-refractivity contribution is 14.1. The zero-order valence-corrected chi connectivity index (χ0v) is 32.4. The predicted octanol–water partition coefficient (Wildman–Crippen LogP) is 7.83. The lowest BCUT2D eigenvalue weighted by atomic mass is 9.95. The second kappa shape index (κ2) is 14.8. The molecule has 0 amide bonds. The molecule has 46 heavy (non-hydrogen) atoms. The van der Waals surface area contributed by atoms with Crippen molar-refractivity contribution in [1.82, 2.24) is 4.57 Å². The van der Waals surface area contributed by atoms with Gasteiger partial charge in [0.05, 0.1) is 56.3 Å². The number of allylic oxidation sites excluding steroid dienone is 1. The smallest absolute Gasteiger partial charge is 0.338 e. The first-order chi connectivity index (χ1) is 22.0. The van der Waals surface area contributed by atoms with E-state index in [1.807, 2.05) is 18.2 Å². The summed E-state index contributed by atoms with van der Waals surface area (Å²) in [6.45, 7) is 3.85. The monoisotopic (exact) mass is 920 g/mol. The van der Waals surface area contributed by atoms with E-state index in [1.165, 1.54) is 30.1 Å². The molecule has 0 saturated heterocycles. The topological polar surface area (TPSA) is 88.4 Å². The van der Waals surface area contributed by atoms with Crippen LogP contribution in [0.3, 0.4) is 0 Å². The van der Waals surface area contributed by atoms with Crippen LogP contribution in [0.15, 0.2) is 72.5 Å². The molecular weight excluding hydrogens is 898 g/mol. The van der Waals surface area contributed by atoms with Crippen LogP contribution in [0.25, 0.3) is 6.08 Å². The van der Waals surface area contributed by atoms with Gasteiger partial charge in [-0.15, -0.1) is 0 Å². The lowest BCUT2D eigenvalue weighted by Crippen LogP contribution is -2.40. The van der Waals surface area contributed by atoms with Crippen LogP contribution in [0.1, 0.15) is 36.6 Å². The number of esters is 1. The van der Waals surface area contributed by atoms with Gasteiger partial charge >= 0.3 is 5.97 Å². The van der Waals surface area contributed by atoms with Gasteiger partial charge in [0, 0.05) is 14.5 Å². The van der Waals surface area contributed by atoms with E-state index in [0.29, 0.717) is 57.9 Å². The standard InChI is InChI=1S/C32H25Br2Cl2IN2O6S/c1-5-44-31(41)27-15(2)38-32-39(28(27)19-12-24(42-3)25(43-4)13-20(19)34)30(40)26(46-32)10-17-9-18(33)11-23(37)29(17)45-14-16-6-7-21(35)22(36)8-16/h6-13,28H,5,14H2,1-4H3/b26-10-/t28-/m0/s1. The molecule has 1 aliphatic heterocycles. The molecule has 1 aliphatic rings. The fraction of sp³-hybridized carbons (Fsp3) is 0.219. The fourth-order valence-corrected chi connectivity index (χ4v) is 8.53. The van der Waals surface area contributed by atoms with Crippen LogP contribution < -0.4 is 29.1 Å². The zero-order chi connectivity index (χ0) is 33.3. The predicted molar refractivity (Wildman–Crippen MR) is 195 cm³/mol. The first-order valence-electron chi connectivity index (χ1n) is 13.6. The third-order valence-corrected chi connectivity index (χ3v) is 10.7. The molecule has 14 heteroatoms. The molecule has 2 heterocycles. The molecule has 1 atom stereocenters. The van der Waals surface area contributed by atoms with Gasteiger partial charge in [-0.1, -0.05) is 72.5 Å². The number of carbonyl (C=O) groups is 1. The highest BCUT2D eigenvalue weighted by Crippen LogP contribution is 2.41. The molecule has 1 aromatic heterocycles. The maximum absolute atomic E-state index is 14.3. The molecule has 3 aromatic carbocycles. The molecule has 0 fully saturated rings. The maximum atomic E-state index is 14.3. The summed E-state index contributed by atoms with van der Waals surface area (Å²) in [5.74, 6) is 0.947. The average Bonchev–Trinajstić information content (AvgIpc) is 3.31. The van der Waals surface area contributed by atoms with E-state index in [1.54, 1.807) is 44.2 Å². The molecule has 0 bridgehead atoms. The van der Waals surface area contributed by atoms with E-state index < -0.39 is 12.0 Å². The SMILES string of the molecule is CCOC(=O)C1=C(C)N=c2s/c(=C\c3cc(Br)cc(I)c3OCc3ccc(Cl)c(Cl)c3)c(=O)n2[C@H]1c1cc(OC)c(OC)cc1Br. The number of benzene rings is 3. The van der Waals surface area contributed by atoms with E-state index in [0.717, 1.165) is 13.6 Å². The van der Waals surface area contributed by atoms with Crippen molar-refractivity contribution in [2.45, 2.75) is 26.5 Å². The third-order valence-electron chi connectivity index (χ3n) is 7.01. The molecule has 5 rings (SSSR count). The van der Waals surface area contributed by atoms with E-state index >= 15 is 0 Å². The van der Waals surface area contributed by atoms with E-state index in [-0.39, 0.29) is 24.3 Å². The summed E-state index contributed by atoms with van der Waals surface area (Å²) < 4.78 is 26.9. The molecule has 0 spiro atoms. The van der Waals surface area contributed by atoms with Crippen molar-refractivity contribution in [3.05, 3.63) is 113 Å². The summed E-state index contributed by atoms with van der Waals surface area (Å²) in [7, 11) is 3.06. The van der Waals surface area contributed by atoms with Crippen LogP contribution in [0.4, 0.5) is 0 Å². The number of methoxy groups -OCH3 is 2. The lowest BCUT2D eigenvalue weighted by Gasteiger charge is -2.26. The lowest BCUT2D eigenvalue weighted by molar-refractivity contribution is -0.139. The Kier molecular flexibility index (Phi) is 11.3. The van der Waals surface area contributed by atoms with E-state index in [9.17, 15) is 9.59 Å². The first kappa shape index (κ1) is 35.0. The number of nitrogens with zero attached hydrogens (tertiary/aromatic N) is 2. The number of thiazole rings is 1. The minimum Gasteiger partial charge on any atom is -0.493 e. The van der Waals surface area contributed by atoms with Crippen molar-refractivity contribution in [1.29, 1.82) is 0 Å². The van der Waals surface area contributed by atoms with Gasteiger partial charge in [-0.05, 0) is 90.0 Å². The highest BCUT2D eigenvalue weighted by Gasteiger charge is 2.35. The first-order valence-corrected chi connectivity index (χ1v) is 17.9. The Morgan fingerprint density at radius 3 is 2.48 bits per heavy atom. The number of hydrogen-bond acceptors (Lipinski definition) is 8. The van der Waals surface area contributed by atoms with Crippen LogP contribution in [-0.2, 0) is 16.1 Å². The number of fused-ring (bicyclic) bond motifs is 1. The Morgan fingerprint density at radius 2 is 1.80 bits per heavy atom. The van der Waals surface area contributed by atoms with Crippen LogP contribution in [-0.4, -0.2) is 31.4 Å². The number of aromatic nitrogens is 1. The molecule has 0 aliphatic carbocycles. The Hall–Kier alpha value is -2.36. The summed E-state index contributed by atoms with van der Waals surface area (Å²) in [5, 5.41) is 0.891. The summed E-state index contributed by atoms with van der Waals surface area (Å²) in [6, 6.07) is 11.7. The Morgan fingerprint density at radius 1 is 1.09 bits per heavy atom. The van der Waals surface area contributed by atoms with Crippen molar-refractivity contribution in [3.63, 3.8) is 0 Å². The van der Waals surface area contributed by atoms with E-state index in [2.05, 4.69) is 59.4 Å². The average molecular weight is 923 g/mol. The summed E-state index contributed by atoms with van der Waals surface area (Å²) in [5.41, 5.74) is 2.47. The van der Waals surface area contributed by atoms with Gasteiger partial charge in [-0.25, -0.2) is 9.79 Å². The summed E-state index contributed by atoms with van der Waals surface area (Å²) >= 11 is 22.9. The molecule has 0 unspecified atom stereocenters. The van der Waals surface area contributed by atoms with Crippen LogP contribution in [0.5, 0.6) is 17.2 Å². The van der Waals surface area contributed by atoms with E-state index in [4.69, 9.17) is 42.1 Å². The minimum atomic E-state index is -0.861. The highest BCUT2D eigenvalue weighted by atomic mass is 127. The van der Waals surface area contributed by atoms with Gasteiger partial charge in [0.1, 0.15) is 12.4 Å². The van der Waals surface area contributed by atoms with Crippen molar-refractivity contribution < 1.29 is 23.7 Å². The van der Waals surface area contributed by atoms with Crippen molar-refractivity contribution in [2.24, 2.45) is 4.99 Å². The van der Waals surface area contributed by atoms with Gasteiger partial charge in [0.25, 0.3) is 5.56 Å². The number of ether oxygens (including phenoxy) is 4. The number of halogens is 5. The largest absolute Gasteiger partial charge is 0.493 e. The molecule has 0 saturated carbocycles. The Bertz CT molecular complexity index is 2080. The molecule has 4 aromatic rings. The van der Waals surface area contributed by atoms with Gasteiger partial charge in [-0.3, -0.25) is 9.36 Å². The number of hydrogen-bond donors (Lipinski definition) is 0. The van der Waals surface area contributed by atoms with Crippen LogP contribution in [0.2, 0.25) is 10.0 Å². The second-order valence-electron chi connectivity index (χ2n) is 9.87. The minimum absolute atomic E-state index is 0.159. The quantitative estimate of drug-likeness (QED) is 0.126. The van der Waals surface area contributed by atoms with Crippen molar-refractivity contribution >= 4 is 101 Å². The summed E-state index contributed by atoms with van der Waals surface area (Å²) in [4.78, 5) is 32.8. The van der Waals surface area contributed by atoms with Gasteiger partial charge in [-0.2, -0.15) is 0 Å². The molecule has 8 nitrogen and oxygen atoms in total. The van der Waals surface area contributed by atoms with Gasteiger partial charge in [0.2, 0.25) is 0 Å². The normalized spacial score (nSPS) is 14.5. The molecular formula is C32H25Br2Cl2IN2O6S. The third kappa shape index (κ3) is 7.07. The number of rotatable bonds is 9. The zero-order valence-electron chi connectivity index (χ0n) is 24.8. The molecule has 240 valence electrons. The van der Waals surface area contributed by atoms with Gasteiger partial charge < -0.3 is 18.9 Å². The van der Waals surface area contributed by atoms with Gasteiger partial charge in [0.15, 0.2) is 16.3 Å². The molecule has 0 radical (unpaired) electrons. The number of carbonyl (C=O) groups excluding carboxylic acids is 1. The van der Waals surface area contributed by atoms with Crippen molar-refractivity contribution in [3.8, 4) is 17.2 Å².